The Morgan fingerprint density at radius 2 is 1.28 bits per heavy atom. The largest absolute Gasteiger partial charge is 0.516 e. The van der Waals surface area contributed by atoms with E-state index in [0.717, 1.165) is 0 Å². The van der Waals surface area contributed by atoms with Gasteiger partial charge in [0.15, 0.2) is 5.60 Å². The minimum atomic E-state index is -1.81. The van der Waals surface area contributed by atoms with Crippen molar-refractivity contribution in [2.45, 2.75) is 5.60 Å². The van der Waals surface area contributed by atoms with Crippen LogP contribution in [0, 0.1) is 11.8 Å². The predicted octanol–water partition coefficient (Wildman–Crippen LogP) is 2.28. The van der Waals surface area contributed by atoms with Gasteiger partial charge in [-0.25, -0.2) is 9.59 Å². The summed E-state index contributed by atoms with van der Waals surface area (Å²) < 4.78 is 3.08. The Morgan fingerprint density at radius 1 is 0.880 bits per heavy atom. The highest BCUT2D eigenvalue weighted by Crippen LogP contribution is 2.28. The molecule has 0 atom stereocenters. The molecule has 0 fully saturated rings. The van der Waals surface area contributed by atoms with Crippen LogP contribution >= 0.6 is 0 Å². The summed E-state index contributed by atoms with van der Waals surface area (Å²) in [6.45, 7) is -0.276. The molecule has 0 aliphatic heterocycles. The molecule has 0 spiro atoms. The van der Waals surface area contributed by atoms with Crippen LogP contribution in [-0.4, -0.2) is 39.3 Å². The maximum Gasteiger partial charge on any atom is 0.516 e. The number of hydrogen-bond donors (Lipinski definition) is 4. The van der Waals surface area contributed by atoms with Crippen LogP contribution in [0.2, 0.25) is 0 Å². The summed E-state index contributed by atoms with van der Waals surface area (Å²) in [5.41, 5.74) is -0.0000694. The van der Waals surface area contributed by atoms with Crippen LogP contribution in [0.5, 0.6) is 0 Å². The first-order chi connectivity index (χ1) is 11.9. The van der Waals surface area contributed by atoms with Crippen molar-refractivity contribution < 1.29 is 34.8 Å². The summed E-state index contributed by atoms with van der Waals surface area (Å²) in [6, 6.07) is 18.4. The smallest absolute Gasteiger partial charge is 0.449 e. The van der Waals surface area contributed by atoms with Crippen molar-refractivity contribution in [2.75, 3.05) is 6.61 Å². The Labute approximate surface area is 143 Å². The number of benzene rings is 2. The van der Waals surface area contributed by atoms with Crippen molar-refractivity contribution >= 4 is 12.3 Å². The Kier molecular flexibility index (Phi) is 7.66. The summed E-state index contributed by atoms with van der Waals surface area (Å²) in [5, 5.41) is 34.6. The lowest BCUT2D eigenvalue weighted by Gasteiger charge is -2.23. The van der Waals surface area contributed by atoms with Gasteiger partial charge in [0.25, 0.3) is 0 Å². The number of carboxylic acid groups (broad SMARTS) is 2. The zero-order valence-electron chi connectivity index (χ0n) is 13.0. The fourth-order valence-corrected chi connectivity index (χ4v) is 1.91. The number of aliphatic hydroxyl groups is 2. The van der Waals surface area contributed by atoms with E-state index in [0.29, 0.717) is 11.1 Å². The van der Waals surface area contributed by atoms with E-state index in [9.17, 15) is 14.7 Å². The molecule has 25 heavy (non-hydrogen) atoms. The van der Waals surface area contributed by atoms with Crippen molar-refractivity contribution in [1.29, 1.82) is 0 Å². The maximum atomic E-state index is 10.8. The molecule has 0 heterocycles. The molecule has 0 aromatic heterocycles. The molecular weight excluding hydrogens is 328 g/mol. The van der Waals surface area contributed by atoms with Gasteiger partial charge in [-0.3, -0.25) is 0 Å². The molecule has 0 amide bonds. The summed E-state index contributed by atoms with van der Waals surface area (Å²) in [6.07, 6.45) is -3.62. The lowest BCUT2D eigenvalue weighted by atomic mass is 9.87. The maximum absolute atomic E-state index is 10.8. The summed E-state index contributed by atoms with van der Waals surface area (Å²) in [7, 11) is 0. The van der Waals surface area contributed by atoms with Crippen molar-refractivity contribution in [3.63, 3.8) is 0 Å². The fourth-order valence-electron chi connectivity index (χ4n) is 1.91. The number of carbonyl (C=O) groups is 2. The van der Waals surface area contributed by atoms with Gasteiger partial charge in [-0.15, -0.1) is 0 Å². The first kappa shape index (κ1) is 19.7. The second kappa shape index (κ2) is 9.72. The van der Waals surface area contributed by atoms with Crippen LogP contribution in [-0.2, 0) is 10.3 Å². The SMILES string of the molecule is O=C(O)OC(=O)O.OCC#CC(O)(c1ccccc1)c1ccccc1. The number of aliphatic hydroxyl groups excluding tert-OH is 1. The van der Waals surface area contributed by atoms with E-state index in [4.69, 9.17) is 15.3 Å². The lowest BCUT2D eigenvalue weighted by molar-refractivity contribution is 0.0801. The number of ether oxygens (including phenoxy) is 1. The normalized spacial score (nSPS) is 9.68. The summed E-state index contributed by atoms with van der Waals surface area (Å²) in [5.74, 6) is 5.28. The van der Waals surface area contributed by atoms with Gasteiger partial charge < -0.3 is 25.2 Å². The third-order valence-corrected chi connectivity index (χ3v) is 2.91. The Bertz CT molecular complexity index is 694. The average molecular weight is 344 g/mol. The van der Waals surface area contributed by atoms with Crippen molar-refractivity contribution in [2.24, 2.45) is 0 Å². The Hall–Kier alpha value is -3.34. The predicted molar refractivity (Wildman–Crippen MR) is 87.9 cm³/mol. The first-order valence-electron chi connectivity index (χ1n) is 6.98. The molecule has 0 aliphatic rings. The van der Waals surface area contributed by atoms with Gasteiger partial charge in [0, 0.05) is 11.1 Å². The minimum absolute atomic E-state index is 0.276. The molecule has 2 aromatic rings. The molecular formula is C18H16O7. The van der Waals surface area contributed by atoms with Crippen molar-refractivity contribution in [3.05, 3.63) is 71.8 Å². The van der Waals surface area contributed by atoms with Crippen LogP contribution in [0.3, 0.4) is 0 Å². The molecule has 7 nitrogen and oxygen atoms in total. The van der Waals surface area contributed by atoms with Crippen LogP contribution in [0.15, 0.2) is 60.7 Å². The van der Waals surface area contributed by atoms with Gasteiger partial charge in [0.1, 0.15) is 6.61 Å². The minimum Gasteiger partial charge on any atom is -0.449 e. The van der Waals surface area contributed by atoms with Crippen LogP contribution in [0.1, 0.15) is 11.1 Å². The zero-order valence-corrected chi connectivity index (χ0v) is 13.0. The molecule has 0 saturated carbocycles. The van der Waals surface area contributed by atoms with Crippen molar-refractivity contribution in [1.82, 2.24) is 0 Å². The molecule has 0 aliphatic carbocycles. The highest BCUT2D eigenvalue weighted by Gasteiger charge is 2.28. The third-order valence-electron chi connectivity index (χ3n) is 2.91. The molecule has 4 N–H and O–H groups in total. The topological polar surface area (TPSA) is 124 Å². The standard InChI is InChI=1S/C16H14O2.C2H2O5/c17-13-7-12-16(18,14-8-3-1-4-9-14)15-10-5-2-6-11-15;3-1(4)7-2(5)6/h1-6,8-11,17-18H,13H2;(H,3,4)(H,5,6). The fraction of sp³-hybridized carbons (Fsp3) is 0.111. The number of hydrogen-bond acceptors (Lipinski definition) is 5. The van der Waals surface area contributed by atoms with E-state index in [1.165, 1.54) is 0 Å². The summed E-state index contributed by atoms with van der Waals surface area (Å²) in [4.78, 5) is 18.4. The Morgan fingerprint density at radius 3 is 1.56 bits per heavy atom. The first-order valence-corrected chi connectivity index (χ1v) is 6.98. The molecule has 2 aromatic carbocycles. The van der Waals surface area contributed by atoms with E-state index in [-0.39, 0.29) is 6.61 Å². The van der Waals surface area contributed by atoms with Gasteiger partial charge in [-0.2, -0.15) is 0 Å². The molecule has 130 valence electrons. The molecule has 0 radical (unpaired) electrons. The number of rotatable bonds is 2. The highest BCUT2D eigenvalue weighted by atomic mass is 16.7. The molecule has 7 heteroatoms. The van der Waals surface area contributed by atoms with Gasteiger partial charge in [0.05, 0.1) is 0 Å². The molecule has 0 unspecified atom stereocenters. The lowest BCUT2D eigenvalue weighted by Crippen LogP contribution is -2.25. The molecule has 0 bridgehead atoms. The summed E-state index contributed by atoms with van der Waals surface area (Å²) >= 11 is 0. The quantitative estimate of drug-likeness (QED) is 0.374. The van der Waals surface area contributed by atoms with E-state index in [2.05, 4.69) is 16.6 Å². The van der Waals surface area contributed by atoms with E-state index in [1.54, 1.807) is 0 Å². The van der Waals surface area contributed by atoms with Crippen LogP contribution in [0.4, 0.5) is 9.59 Å². The molecule has 0 saturated heterocycles. The van der Waals surface area contributed by atoms with E-state index < -0.39 is 17.9 Å². The third kappa shape index (κ3) is 6.35. The van der Waals surface area contributed by atoms with Gasteiger partial charge >= 0.3 is 12.3 Å². The van der Waals surface area contributed by atoms with Crippen LogP contribution in [0.25, 0.3) is 0 Å². The van der Waals surface area contributed by atoms with Crippen molar-refractivity contribution in [3.8, 4) is 11.8 Å². The second-order valence-corrected chi connectivity index (χ2v) is 4.54. The van der Waals surface area contributed by atoms with Gasteiger partial charge in [-0.1, -0.05) is 72.5 Å². The van der Waals surface area contributed by atoms with E-state index >= 15 is 0 Å². The van der Waals surface area contributed by atoms with E-state index in [1.807, 2.05) is 60.7 Å². The monoisotopic (exact) mass is 344 g/mol. The second-order valence-electron chi connectivity index (χ2n) is 4.54. The van der Waals surface area contributed by atoms with Gasteiger partial charge in [-0.05, 0) is 0 Å². The highest BCUT2D eigenvalue weighted by molar-refractivity contribution is 5.74. The van der Waals surface area contributed by atoms with Gasteiger partial charge in [0.2, 0.25) is 0 Å². The van der Waals surface area contributed by atoms with Crippen LogP contribution < -0.4 is 0 Å². The average Bonchev–Trinajstić information content (AvgIpc) is 2.60. The molecule has 2 rings (SSSR count). The Balaban J connectivity index is 0.000000381. The zero-order chi connectivity index (χ0) is 18.7.